The summed E-state index contributed by atoms with van der Waals surface area (Å²) in [6.07, 6.45) is 1.71. The third-order valence-electron chi connectivity index (χ3n) is 4.87. The van der Waals surface area contributed by atoms with Gasteiger partial charge in [-0.25, -0.2) is 0 Å². The van der Waals surface area contributed by atoms with E-state index in [1.54, 1.807) is 22.9 Å². The van der Waals surface area contributed by atoms with Crippen LogP contribution in [0.1, 0.15) is 5.56 Å². The lowest BCUT2D eigenvalue weighted by atomic mass is 10.2. The fourth-order valence-electron chi connectivity index (χ4n) is 3.52. The molecule has 0 fully saturated rings. The number of pyridine rings is 1. The van der Waals surface area contributed by atoms with Crippen molar-refractivity contribution in [3.8, 4) is 5.69 Å². The van der Waals surface area contributed by atoms with Gasteiger partial charge in [0.05, 0.1) is 11.0 Å². The SMILES string of the molecule is O=c1c(N=Cc2ccccc2)cc2[nH]c3ccccc3c2n1-c1ccc(Cl)cc1. The van der Waals surface area contributed by atoms with Crippen molar-refractivity contribution in [2.24, 2.45) is 4.99 Å². The van der Waals surface area contributed by atoms with Gasteiger partial charge in [0.15, 0.2) is 0 Å². The number of hydrogen-bond donors (Lipinski definition) is 1. The first-order valence-corrected chi connectivity index (χ1v) is 9.60. The molecule has 0 unspecified atom stereocenters. The molecule has 29 heavy (non-hydrogen) atoms. The Hall–Kier alpha value is -3.63. The molecule has 5 heteroatoms. The summed E-state index contributed by atoms with van der Waals surface area (Å²) in [5.41, 5.74) is 4.49. The Bertz CT molecular complexity index is 1410. The average Bonchev–Trinajstić information content (AvgIpc) is 3.12. The standard InChI is InChI=1S/C24H16ClN3O/c25-17-10-12-18(13-11-17)28-23-19-8-4-5-9-20(19)27-21(23)14-22(24(28)29)26-15-16-6-2-1-3-7-16/h1-15,27H. The fourth-order valence-corrected chi connectivity index (χ4v) is 3.65. The molecule has 0 saturated heterocycles. The van der Waals surface area contributed by atoms with E-state index in [4.69, 9.17) is 11.6 Å². The van der Waals surface area contributed by atoms with Gasteiger partial charge in [-0.2, -0.15) is 0 Å². The molecule has 0 aliphatic rings. The Morgan fingerprint density at radius 1 is 0.862 bits per heavy atom. The van der Waals surface area contributed by atoms with Crippen LogP contribution >= 0.6 is 11.6 Å². The Morgan fingerprint density at radius 3 is 2.38 bits per heavy atom. The number of rotatable bonds is 3. The van der Waals surface area contributed by atoms with Gasteiger partial charge in [-0.1, -0.05) is 60.1 Å². The van der Waals surface area contributed by atoms with Gasteiger partial charge in [-0.15, -0.1) is 0 Å². The predicted octanol–water partition coefficient (Wildman–Crippen LogP) is 5.88. The van der Waals surface area contributed by atoms with Gasteiger partial charge in [-0.05, 0) is 42.0 Å². The van der Waals surface area contributed by atoms with Crippen molar-refractivity contribution in [2.45, 2.75) is 0 Å². The number of hydrogen-bond acceptors (Lipinski definition) is 2. The van der Waals surface area contributed by atoms with Gasteiger partial charge >= 0.3 is 0 Å². The van der Waals surface area contributed by atoms with Gasteiger partial charge in [0.25, 0.3) is 5.56 Å². The molecule has 2 heterocycles. The first-order valence-electron chi connectivity index (χ1n) is 9.22. The van der Waals surface area contributed by atoms with E-state index in [0.29, 0.717) is 10.7 Å². The number of benzene rings is 3. The Kier molecular flexibility index (Phi) is 4.26. The van der Waals surface area contributed by atoms with Crippen LogP contribution in [-0.2, 0) is 0 Å². The van der Waals surface area contributed by atoms with E-state index in [0.717, 1.165) is 33.2 Å². The minimum absolute atomic E-state index is 0.184. The predicted molar refractivity (Wildman–Crippen MR) is 120 cm³/mol. The van der Waals surface area contributed by atoms with Crippen molar-refractivity contribution in [3.63, 3.8) is 0 Å². The molecule has 5 rings (SSSR count). The smallest absolute Gasteiger partial charge is 0.281 e. The Morgan fingerprint density at radius 2 is 1.59 bits per heavy atom. The second kappa shape index (κ2) is 7.08. The van der Waals surface area contributed by atoms with Crippen molar-refractivity contribution in [1.82, 2.24) is 9.55 Å². The summed E-state index contributed by atoms with van der Waals surface area (Å²) < 4.78 is 1.70. The van der Waals surface area contributed by atoms with E-state index in [1.807, 2.05) is 72.8 Å². The van der Waals surface area contributed by atoms with Crippen LogP contribution in [0.15, 0.2) is 94.7 Å². The zero-order valence-electron chi connectivity index (χ0n) is 15.3. The number of para-hydroxylation sites is 1. The molecule has 0 amide bonds. The quantitative estimate of drug-likeness (QED) is 0.380. The summed E-state index contributed by atoms with van der Waals surface area (Å²) in [6, 6.07) is 26.7. The molecule has 0 saturated carbocycles. The highest BCUT2D eigenvalue weighted by molar-refractivity contribution is 6.30. The highest BCUT2D eigenvalue weighted by atomic mass is 35.5. The summed E-state index contributed by atoms with van der Waals surface area (Å²) in [4.78, 5) is 21.3. The summed E-state index contributed by atoms with van der Waals surface area (Å²) in [6.45, 7) is 0. The summed E-state index contributed by atoms with van der Waals surface area (Å²) in [7, 11) is 0. The Labute approximate surface area is 171 Å². The monoisotopic (exact) mass is 397 g/mol. The topological polar surface area (TPSA) is 50.1 Å². The number of nitrogens with one attached hydrogen (secondary N) is 1. The van der Waals surface area contributed by atoms with Crippen molar-refractivity contribution in [2.75, 3.05) is 0 Å². The molecule has 2 aromatic heterocycles. The Balaban J connectivity index is 1.81. The van der Waals surface area contributed by atoms with Crippen LogP contribution in [0.5, 0.6) is 0 Å². The number of halogens is 1. The van der Waals surface area contributed by atoms with Crippen LogP contribution in [0.2, 0.25) is 5.02 Å². The van der Waals surface area contributed by atoms with E-state index < -0.39 is 0 Å². The molecule has 0 atom stereocenters. The van der Waals surface area contributed by atoms with Crippen LogP contribution in [0.3, 0.4) is 0 Å². The van der Waals surface area contributed by atoms with Crippen molar-refractivity contribution >= 4 is 45.4 Å². The highest BCUT2D eigenvalue weighted by Gasteiger charge is 2.15. The second-order valence-electron chi connectivity index (χ2n) is 6.75. The van der Waals surface area contributed by atoms with Crippen molar-refractivity contribution in [3.05, 3.63) is 106 Å². The lowest BCUT2D eigenvalue weighted by molar-refractivity contribution is 1.04. The van der Waals surface area contributed by atoms with E-state index in [-0.39, 0.29) is 5.56 Å². The molecule has 140 valence electrons. The zero-order valence-corrected chi connectivity index (χ0v) is 16.1. The second-order valence-corrected chi connectivity index (χ2v) is 7.18. The maximum absolute atomic E-state index is 13.4. The molecule has 0 bridgehead atoms. The van der Waals surface area contributed by atoms with Gasteiger partial charge in [0.1, 0.15) is 5.69 Å². The number of aromatic nitrogens is 2. The largest absolute Gasteiger partial charge is 0.353 e. The number of aromatic amines is 1. The number of nitrogens with zero attached hydrogens (tertiary/aromatic N) is 2. The normalized spacial score (nSPS) is 11.6. The lowest BCUT2D eigenvalue weighted by Crippen LogP contribution is -2.18. The molecule has 0 radical (unpaired) electrons. The van der Waals surface area contributed by atoms with Crippen LogP contribution in [0.25, 0.3) is 27.6 Å². The van der Waals surface area contributed by atoms with E-state index in [9.17, 15) is 4.79 Å². The zero-order chi connectivity index (χ0) is 19.8. The summed E-state index contributed by atoms with van der Waals surface area (Å²) >= 11 is 6.06. The molecule has 4 nitrogen and oxygen atoms in total. The lowest BCUT2D eigenvalue weighted by Gasteiger charge is -2.10. The van der Waals surface area contributed by atoms with Crippen LogP contribution in [-0.4, -0.2) is 15.8 Å². The van der Waals surface area contributed by atoms with Crippen LogP contribution in [0, 0.1) is 0 Å². The third kappa shape index (κ3) is 3.13. The first kappa shape index (κ1) is 17.5. The van der Waals surface area contributed by atoms with Gasteiger partial charge in [0.2, 0.25) is 0 Å². The molecule has 0 aliphatic heterocycles. The van der Waals surface area contributed by atoms with Crippen LogP contribution in [0.4, 0.5) is 5.69 Å². The van der Waals surface area contributed by atoms with Crippen LogP contribution < -0.4 is 5.56 Å². The van der Waals surface area contributed by atoms with E-state index in [1.165, 1.54) is 0 Å². The number of fused-ring (bicyclic) bond motifs is 3. The maximum Gasteiger partial charge on any atom is 0.281 e. The minimum atomic E-state index is -0.184. The fraction of sp³-hybridized carbons (Fsp3) is 0. The molecular formula is C24H16ClN3O. The number of aliphatic imine (C=N–C) groups is 1. The molecule has 0 spiro atoms. The van der Waals surface area contributed by atoms with E-state index >= 15 is 0 Å². The highest BCUT2D eigenvalue weighted by Crippen LogP contribution is 2.28. The van der Waals surface area contributed by atoms with Gasteiger partial charge in [-0.3, -0.25) is 14.4 Å². The average molecular weight is 398 g/mol. The van der Waals surface area contributed by atoms with E-state index in [2.05, 4.69) is 9.98 Å². The van der Waals surface area contributed by atoms with Crippen molar-refractivity contribution in [1.29, 1.82) is 0 Å². The van der Waals surface area contributed by atoms with Crippen molar-refractivity contribution < 1.29 is 0 Å². The third-order valence-corrected chi connectivity index (χ3v) is 5.12. The minimum Gasteiger partial charge on any atom is -0.353 e. The molecule has 3 aromatic carbocycles. The first-order chi connectivity index (χ1) is 14.2. The summed E-state index contributed by atoms with van der Waals surface area (Å²) in [5, 5.41) is 1.60. The molecular weight excluding hydrogens is 382 g/mol. The number of H-pyrrole nitrogens is 1. The summed E-state index contributed by atoms with van der Waals surface area (Å²) in [5.74, 6) is 0. The van der Waals surface area contributed by atoms with Gasteiger partial charge < -0.3 is 4.98 Å². The van der Waals surface area contributed by atoms with Gasteiger partial charge in [0, 0.05) is 27.8 Å². The molecule has 0 aliphatic carbocycles. The molecule has 5 aromatic rings. The molecule has 1 N–H and O–H groups in total. The maximum atomic E-state index is 13.4.